The molecule has 1 aromatic rings. The minimum absolute atomic E-state index is 1.31. The Labute approximate surface area is 98.7 Å². The van der Waals surface area contributed by atoms with Crippen LogP contribution in [0.25, 0.3) is 0 Å². The Bertz CT molecular complexity index is 587. The van der Waals surface area contributed by atoms with Gasteiger partial charge in [0.15, 0.2) is 11.5 Å². The first-order chi connectivity index (χ1) is 8.07. The minimum Gasteiger partial charge on any atom is -0.744 e. The van der Waals surface area contributed by atoms with Gasteiger partial charge in [0, 0.05) is 0 Å². The molecule has 0 saturated heterocycles. The molecule has 1 aromatic carbocycles. The number of aromatic hydroxyl groups is 4. The number of ether oxygens (including phenoxy) is 1. The second-order valence-electron chi connectivity index (χ2n) is 2.87. The molecule has 0 aliphatic heterocycles. The third kappa shape index (κ3) is 2.16. The minimum atomic E-state index is -5.43. The number of hydrogen-bond acceptors (Lipinski definition) is 9. The zero-order valence-corrected chi connectivity index (χ0v) is 9.00. The van der Waals surface area contributed by atoms with Gasteiger partial charge in [0.05, 0.1) is 0 Å². The fourth-order valence-electron chi connectivity index (χ4n) is 1.08. The molecule has 0 aromatic heterocycles. The van der Waals surface area contributed by atoms with Crippen molar-refractivity contribution >= 4 is 16.3 Å². The van der Waals surface area contributed by atoms with Crippen molar-refractivity contribution in [2.24, 2.45) is 0 Å². The van der Waals surface area contributed by atoms with Crippen LogP contribution >= 0.6 is 0 Å². The lowest BCUT2D eigenvalue weighted by molar-refractivity contribution is 0.140. The molecule has 0 heterocycles. The van der Waals surface area contributed by atoms with Gasteiger partial charge in [0.2, 0.25) is 17.2 Å². The molecule has 0 radical (unpaired) electrons. The first-order valence-corrected chi connectivity index (χ1v) is 5.34. The molecular formula is C7H5O10S-. The van der Waals surface area contributed by atoms with Crippen molar-refractivity contribution in [1.82, 2.24) is 0 Å². The molecule has 1 rings (SSSR count). The second-order valence-corrected chi connectivity index (χ2v) is 4.19. The lowest BCUT2D eigenvalue weighted by atomic mass is 10.2. The van der Waals surface area contributed by atoms with E-state index in [9.17, 15) is 28.0 Å². The normalized spacial score (nSPS) is 11.2. The predicted octanol–water partition coefficient (Wildman–Crippen LogP) is -0.530. The molecule has 0 aliphatic rings. The van der Waals surface area contributed by atoms with Crippen molar-refractivity contribution in [2.75, 3.05) is 0 Å². The molecule has 18 heavy (non-hydrogen) atoms. The zero-order valence-electron chi connectivity index (χ0n) is 8.19. The van der Waals surface area contributed by atoms with Gasteiger partial charge >= 0.3 is 6.16 Å². The molecule has 0 amide bonds. The maximum atomic E-state index is 10.7. The van der Waals surface area contributed by atoms with Crippen LogP contribution in [-0.4, -0.2) is 44.7 Å². The largest absolute Gasteiger partial charge is 0.744 e. The molecule has 0 bridgehead atoms. The molecule has 0 atom stereocenters. The lowest BCUT2D eigenvalue weighted by Gasteiger charge is -2.15. The van der Waals surface area contributed by atoms with E-state index in [2.05, 4.69) is 4.74 Å². The van der Waals surface area contributed by atoms with Gasteiger partial charge in [0.1, 0.15) is 15.0 Å². The quantitative estimate of drug-likeness (QED) is 0.155. The monoisotopic (exact) mass is 281 g/mol. The van der Waals surface area contributed by atoms with E-state index in [1.807, 2.05) is 0 Å². The maximum absolute atomic E-state index is 10.7. The summed E-state index contributed by atoms with van der Waals surface area (Å²) in [6.45, 7) is 0. The molecule has 0 fully saturated rings. The summed E-state index contributed by atoms with van der Waals surface area (Å²) in [7, 11) is -5.43. The van der Waals surface area contributed by atoms with Crippen molar-refractivity contribution < 1.29 is 48.0 Å². The van der Waals surface area contributed by atoms with Crippen LogP contribution in [0.2, 0.25) is 0 Å². The predicted molar refractivity (Wildman–Crippen MR) is 49.7 cm³/mol. The summed E-state index contributed by atoms with van der Waals surface area (Å²) in [5, 5.41) is 44.9. The Morgan fingerprint density at radius 2 is 1.39 bits per heavy atom. The van der Waals surface area contributed by atoms with Crippen molar-refractivity contribution in [3.8, 4) is 28.7 Å². The highest BCUT2D eigenvalue weighted by Crippen LogP contribution is 2.53. The highest BCUT2D eigenvalue weighted by Gasteiger charge is 2.29. The van der Waals surface area contributed by atoms with Crippen LogP contribution in [0.3, 0.4) is 0 Å². The summed E-state index contributed by atoms with van der Waals surface area (Å²) in [5.41, 5.74) is 0. The Balaban J connectivity index is 3.72. The number of phenolic OH excluding ortho intramolecular Hbond substituents is 4. The van der Waals surface area contributed by atoms with Crippen LogP contribution in [0.15, 0.2) is 4.90 Å². The molecule has 10 nitrogen and oxygen atoms in total. The van der Waals surface area contributed by atoms with Gasteiger partial charge in [-0.25, -0.2) is 13.2 Å². The average Bonchev–Trinajstić information content (AvgIpc) is 2.19. The summed E-state index contributed by atoms with van der Waals surface area (Å²) < 4.78 is 35.8. The van der Waals surface area contributed by atoms with Gasteiger partial charge in [-0.3, -0.25) is 0 Å². The summed E-state index contributed by atoms with van der Waals surface area (Å²) in [6, 6.07) is 0. The highest BCUT2D eigenvalue weighted by molar-refractivity contribution is 7.86. The van der Waals surface area contributed by atoms with Crippen LogP contribution in [0, 0.1) is 0 Å². The van der Waals surface area contributed by atoms with Crippen LogP contribution in [0.4, 0.5) is 4.79 Å². The zero-order chi connectivity index (χ0) is 14.2. The van der Waals surface area contributed by atoms with E-state index in [1.165, 1.54) is 0 Å². The summed E-state index contributed by atoms with van der Waals surface area (Å²) in [4.78, 5) is 8.49. The molecule has 0 saturated carbocycles. The van der Waals surface area contributed by atoms with Crippen LogP contribution in [-0.2, 0) is 10.1 Å². The van der Waals surface area contributed by atoms with Gasteiger partial charge in [-0.1, -0.05) is 0 Å². The van der Waals surface area contributed by atoms with Gasteiger partial charge < -0.3 is 34.8 Å². The molecule has 0 spiro atoms. The van der Waals surface area contributed by atoms with E-state index in [0.29, 0.717) is 0 Å². The number of phenols is 4. The van der Waals surface area contributed by atoms with Gasteiger partial charge in [-0.05, 0) is 0 Å². The third-order valence-electron chi connectivity index (χ3n) is 1.75. The van der Waals surface area contributed by atoms with Gasteiger partial charge in [-0.2, -0.15) is 0 Å². The summed E-state index contributed by atoms with van der Waals surface area (Å²) in [5.74, 6) is -7.65. The fraction of sp³-hybridized carbons (Fsp3) is 0. The molecule has 0 aliphatic carbocycles. The van der Waals surface area contributed by atoms with Crippen LogP contribution in [0.1, 0.15) is 0 Å². The Kier molecular flexibility index (Phi) is 3.13. The Morgan fingerprint density at radius 3 is 1.67 bits per heavy atom. The standard InChI is InChI=1S/C7H6O10S/c8-1-3(10)6(18(14,15)16)4(11)2(9)5(1)17-7(12)13/h8-11H,(H,12,13)(H,14,15,16)/p-1. The van der Waals surface area contributed by atoms with Crippen molar-refractivity contribution in [1.29, 1.82) is 0 Å². The SMILES string of the molecule is O=C(O)Oc1c(O)c(O)c(S(=O)(=O)[O-])c(O)c1O. The number of carboxylic acid groups (broad SMARTS) is 1. The first-order valence-electron chi connectivity index (χ1n) is 3.93. The lowest BCUT2D eigenvalue weighted by Crippen LogP contribution is -2.06. The summed E-state index contributed by atoms with van der Waals surface area (Å²) >= 11 is 0. The molecular weight excluding hydrogens is 276 g/mol. The van der Waals surface area contributed by atoms with E-state index < -0.39 is 49.9 Å². The number of carbonyl (C=O) groups is 1. The third-order valence-corrected chi connectivity index (χ3v) is 2.63. The number of rotatable bonds is 2. The molecule has 0 unspecified atom stereocenters. The molecule has 5 N–H and O–H groups in total. The first kappa shape index (κ1) is 13.7. The van der Waals surface area contributed by atoms with E-state index in [0.717, 1.165) is 0 Å². The average molecular weight is 281 g/mol. The Hall–Kier alpha value is -2.40. The van der Waals surface area contributed by atoms with E-state index in [4.69, 9.17) is 15.3 Å². The van der Waals surface area contributed by atoms with E-state index in [1.54, 1.807) is 0 Å². The highest BCUT2D eigenvalue weighted by atomic mass is 32.2. The molecule has 11 heteroatoms. The van der Waals surface area contributed by atoms with E-state index >= 15 is 0 Å². The van der Waals surface area contributed by atoms with Gasteiger partial charge in [0.25, 0.3) is 0 Å². The Morgan fingerprint density at radius 1 is 1.00 bits per heavy atom. The second kappa shape index (κ2) is 4.12. The number of benzene rings is 1. The van der Waals surface area contributed by atoms with Crippen molar-refractivity contribution in [2.45, 2.75) is 4.90 Å². The van der Waals surface area contributed by atoms with Crippen molar-refractivity contribution in [3.05, 3.63) is 0 Å². The summed E-state index contributed by atoms with van der Waals surface area (Å²) in [6.07, 6.45) is -2.03. The maximum Gasteiger partial charge on any atom is 0.511 e. The van der Waals surface area contributed by atoms with Crippen molar-refractivity contribution in [3.63, 3.8) is 0 Å². The van der Waals surface area contributed by atoms with E-state index in [-0.39, 0.29) is 0 Å². The van der Waals surface area contributed by atoms with Crippen LogP contribution in [0.5, 0.6) is 28.7 Å². The molecule has 100 valence electrons. The number of hydrogen-bond donors (Lipinski definition) is 5. The topological polar surface area (TPSA) is 185 Å². The van der Waals surface area contributed by atoms with Gasteiger partial charge in [-0.15, -0.1) is 0 Å². The smallest absolute Gasteiger partial charge is 0.511 e. The fourth-order valence-corrected chi connectivity index (χ4v) is 1.74. The van der Waals surface area contributed by atoms with Crippen LogP contribution < -0.4 is 4.74 Å².